The molecule has 0 aliphatic rings. The lowest BCUT2D eigenvalue weighted by atomic mass is 9.95. The minimum Gasteiger partial charge on any atom is -0.320 e. The van der Waals surface area contributed by atoms with E-state index >= 15 is 0 Å². The number of nitrogens with one attached hydrogen (secondary N) is 1. The Morgan fingerprint density at radius 1 is 1.28 bits per heavy atom. The summed E-state index contributed by atoms with van der Waals surface area (Å²) in [7, 11) is 0. The van der Waals surface area contributed by atoms with Crippen LogP contribution < -0.4 is 5.32 Å². The lowest BCUT2D eigenvalue weighted by molar-refractivity contribution is 0.103. The average molecular weight is 260 g/mol. The summed E-state index contributed by atoms with van der Waals surface area (Å²) < 4.78 is 0. The van der Waals surface area contributed by atoms with E-state index in [0.717, 1.165) is 4.88 Å². The summed E-state index contributed by atoms with van der Waals surface area (Å²) in [6.07, 6.45) is 3.31. The molecule has 0 spiro atoms. The maximum Gasteiger partial charge on any atom is 0.265 e. The maximum atomic E-state index is 12.0. The molecule has 0 aliphatic carbocycles. The predicted molar refractivity (Wildman–Crippen MR) is 75.2 cm³/mol. The quantitative estimate of drug-likeness (QED) is 0.894. The van der Waals surface area contributed by atoms with Gasteiger partial charge in [-0.3, -0.25) is 9.78 Å². The molecule has 2 rings (SSSR count). The maximum absolute atomic E-state index is 12.0. The van der Waals surface area contributed by atoms with Crippen LogP contribution in [0.25, 0.3) is 0 Å². The zero-order chi connectivity index (χ0) is 13.2. The Hall–Kier alpha value is -1.68. The second-order valence-corrected chi connectivity index (χ2v) is 6.19. The Morgan fingerprint density at radius 2 is 2.06 bits per heavy atom. The summed E-state index contributed by atoms with van der Waals surface area (Å²) in [6, 6.07) is 7.51. The van der Waals surface area contributed by atoms with Crippen molar-refractivity contribution in [3.05, 3.63) is 46.4 Å². The van der Waals surface area contributed by atoms with E-state index in [4.69, 9.17) is 0 Å². The van der Waals surface area contributed by atoms with Crippen LogP contribution in [0.2, 0.25) is 0 Å². The van der Waals surface area contributed by atoms with Gasteiger partial charge in [-0.2, -0.15) is 0 Å². The van der Waals surface area contributed by atoms with Crippen molar-refractivity contribution in [3.63, 3.8) is 0 Å². The number of hydrogen-bond acceptors (Lipinski definition) is 3. The zero-order valence-electron chi connectivity index (χ0n) is 10.7. The summed E-state index contributed by atoms with van der Waals surface area (Å²) in [4.78, 5) is 17.9. The van der Waals surface area contributed by atoms with Crippen LogP contribution in [-0.2, 0) is 5.41 Å². The van der Waals surface area contributed by atoms with E-state index in [9.17, 15) is 4.79 Å². The molecule has 3 nitrogen and oxygen atoms in total. The van der Waals surface area contributed by atoms with Crippen LogP contribution in [0, 0.1) is 0 Å². The molecule has 0 bridgehead atoms. The number of amides is 1. The third-order valence-electron chi connectivity index (χ3n) is 2.49. The van der Waals surface area contributed by atoms with Crippen molar-refractivity contribution in [1.82, 2.24) is 4.98 Å². The first-order chi connectivity index (χ1) is 8.47. The monoisotopic (exact) mass is 260 g/mol. The van der Waals surface area contributed by atoms with Crippen molar-refractivity contribution in [3.8, 4) is 0 Å². The van der Waals surface area contributed by atoms with Crippen molar-refractivity contribution < 1.29 is 4.79 Å². The standard InChI is InChI=1S/C14H16N2OS/c1-14(2,3)12-7-6-11(18-12)13(17)16-10-5-4-8-15-9-10/h4-9H,1-3H3,(H,16,17). The average Bonchev–Trinajstić information content (AvgIpc) is 2.79. The third kappa shape index (κ3) is 2.96. The van der Waals surface area contributed by atoms with Gasteiger partial charge in [-0.25, -0.2) is 0 Å². The van der Waals surface area contributed by atoms with Crippen molar-refractivity contribution in [2.75, 3.05) is 5.32 Å². The summed E-state index contributed by atoms with van der Waals surface area (Å²) in [5.41, 5.74) is 0.797. The van der Waals surface area contributed by atoms with Crippen LogP contribution in [0.4, 0.5) is 5.69 Å². The highest BCUT2D eigenvalue weighted by atomic mass is 32.1. The van der Waals surface area contributed by atoms with Gasteiger partial charge in [0, 0.05) is 11.1 Å². The summed E-state index contributed by atoms with van der Waals surface area (Å²) >= 11 is 1.53. The van der Waals surface area contributed by atoms with E-state index in [1.807, 2.05) is 18.2 Å². The number of aromatic nitrogens is 1. The lowest BCUT2D eigenvalue weighted by Crippen LogP contribution is -2.10. The van der Waals surface area contributed by atoms with Crippen LogP contribution >= 0.6 is 11.3 Å². The smallest absolute Gasteiger partial charge is 0.265 e. The molecule has 0 unspecified atom stereocenters. The molecule has 94 valence electrons. The van der Waals surface area contributed by atoms with Crippen molar-refractivity contribution in [1.29, 1.82) is 0 Å². The van der Waals surface area contributed by atoms with Gasteiger partial charge in [0.1, 0.15) is 0 Å². The minimum atomic E-state index is -0.0801. The molecule has 1 amide bonds. The summed E-state index contributed by atoms with van der Waals surface area (Å²) in [5, 5.41) is 2.83. The van der Waals surface area contributed by atoms with E-state index in [1.54, 1.807) is 18.5 Å². The van der Waals surface area contributed by atoms with E-state index < -0.39 is 0 Å². The first kappa shape index (κ1) is 12.8. The number of thiophene rings is 1. The van der Waals surface area contributed by atoms with E-state index in [-0.39, 0.29) is 11.3 Å². The van der Waals surface area contributed by atoms with Gasteiger partial charge >= 0.3 is 0 Å². The molecule has 18 heavy (non-hydrogen) atoms. The molecule has 0 aromatic carbocycles. The van der Waals surface area contributed by atoms with Crippen LogP contribution in [0.1, 0.15) is 35.3 Å². The molecule has 2 aromatic heterocycles. The van der Waals surface area contributed by atoms with Gasteiger partial charge in [-0.1, -0.05) is 20.8 Å². The van der Waals surface area contributed by atoms with Gasteiger partial charge in [0.05, 0.1) is 16.8 Å². The molecule has 2 heterocycles. The fourth-order valence-electron chi connectivity index (χ4n) is 1.49. The van der Waals surface area contributed by atoms with Gasteiger partial charge in [0.15, 0.2) is 0 Å². The molecule has 4 heteroatoms. The van der Waals surface area contributed by atoms with Crippen LogP contribution in [-0.4, -0.2) is 10.9 Å². The minimum absolute atomic E-state index is 0.0801. The Kier molecular flexibility index (Phi) is 3.48. The second kappa shape index (κ2) is 4.90. The number of nitrogens with zero attached hydrogens (tertiary/aromatic N) is 1. The molecule has 0 saturated carbocycles. The summed E-state index contributed by atoms with van der Waals surface area (Å²) in [5.74, 6) is -0.0801. The van der Waals surface area contributed by atoms with Crippen LogP contribution in [0.5, 0.6) is 0 Å². The number of carbonyl (C=O) groups excluding carboxylic acids is 1. The normalized spacial score (nSPS) is 11.3. The Morgan fingerprint density at radius 3 is 2.61 bits per heavy atom. The van der Waals surface area contributed by atoms with Crippen molar-refractivity contribution >= 4 is 22.9 Å². The molecule has 0 radical (unpaired) electrons. The molecule has 1 N–H and O–H groups in total. The van der Waals surface area contributed by atoms with Gasteiger partial charge in [0.25, 0.3) is 5.91 Å². The van der Waals surface area contributed by atoms with Crippen LogP contribution in [0.3, 0.4) is 0 Å². The SMILES string of the molecule is CC(C)(C)c1ccc(C(=O)Nc2cccnc2)s1. The largest absolute Gasteiger partial charge is 0.320 e. The zero-order valence-corrected chi connectivity index (χ0v) is 11.5. The van der Waals surface area contributed by atoms with E-state index in [2.05, 4.69) is 31.1 Å². The number of pyridine rings is 1. The Labute approximate surface area is 111 Å². The van der Waals surface area contributed by atoms with Crippen molar-refractivity contribution in [2.24, 2.45) is 0 Å². The van der Waals surface area contributed by atoms with Gasteiger partial charge in [-0.05, 0) is 29.7 Å². The molecule has 0 aliphatic heterocycles. The number of rotatable bonds is 2. The molecule has 0 saturated heterocycles. The Bertz CT molecular complexity index is 540. The number of anilines is 1. The van der Waals surface area contributed by atoms with E-state index in [0.29, 0.717) is 5.69 Å². The van der Waals surface area contributed by atoms with Gasteiger partial charge < -0.3 is 5.32 Å². The van der Waals surface area contributed by atoms with E-state index in [1.165, 1.54) is 16.2 Å². The van der Waals surface area contributed by atoms with Crippen molar-refractivity contribution in [2.45, 2.75) is 26.2 Å². The lowest BCUT2D eigenvalue weighted by Gasteiger charge is -2.15. The second-order valence-electron chi connectivity index (χ2n) is 5.11. The van der Waals surface area contributed by atoms with Gasteiger partial charge in [0.2, 0.25) is 0 Å². The molecular formula is C14H16N2OS. The van der Waals surface area contributed by atoms with Gasteiger partial charge in [-0.15, -0.1) is 11.3 Å². The Balaban J connectivity index is 2.13. The summed E-state index contributed by atoms with van der Waals surface area (Å²) in [6.45, 7) is 6.42. The molecule has 2 aromatic rings. The highest BCUT2D eigenvalue weighted by Crippen LogP contribution is 2.29. The number of carbonyl (C=O) groups is 1. The first-order valence-corrected chi connectivity index (χ1v) is 6.60. The topological polar surface area (TPSA) is 42.0 Å². The molecule has 0 fully saturated rings. The molecule has 0 atom stereocenters. The predicted octanol–water partition coefficient (Wildman–Crippen LogP) is 3.69. The van der Waals surface area contributed by atoms with Crippen LogP contribution in [0.15, 0.2) is 36.7 Å². The fourth-order valence-corrected chi connectivity index (χ4v) is 2.45. The third-order valence-corrected chi connectivity index (χ3v) is 4.00. The first-order valence-electron chi connectivity index (χ1n) is 5.78. The highest BCUT2D eigenvalue weighted by Gasteiger charge is 2.18. The highest BCUT2D eigenvalue weighted by molar-refractivity contribution is 7.14. The fraction of sp³-hybridized carbons (Fsp3) is 0.286. The number of hydrogen-bond donors (Lipinski definition) is 1. The molecular weight excluding hydrogens is 244 g/mol.